The first-order chi connectivity index (χ1) is 11.6. The van der Waals surface area contributed by atoms with Crippen molar-refractivity contribution in [2.24, 2.45) is 10.7 Å². The average Bonchev–Trinajstić information content (AvgIpc) is 2.61. The molecule has 3 N–H and O–H groups in total. The van der Waals surface area contributed by atoms with Crippen molar-refractivity contribution in [3.8, 4) is 11.5 Å². The number of nitrogens with two attached hydrogens (primary N) is 1. The molecule has 0 bridgehead atoms. The molecule has 0 spiro atoms. The number of ether oxygens (including phenoxy) is 2. The minimum atomic E-state index is -0.208. The van der Waals surface area contributed by atoms with Crippen LogP contribution < -0.4 is 20.5 Å². The van der Waals surface area contributed by atoms with Gasteiger partial charge in [0.25, 0.3) is 0 Å². The Morgan fingerprint density at radius 1 is 1.12 bits per heavy atom. The molecule has 6 heteroatoms. The Labute approximate surface area is 141 Å². The van der Waals surface area contributed by atoms with Crippen LogP contribution in [0.5, 0.6) is 11.5 Å². The van der Waals surface area contributed by atoms with Crippen LogP contribution in [0.15, 0.2) is 47.5 Å². The van der Waals surface area contributed by atoms with E-state index in [0.29, 0.717) is 42.5 Å². The molecular weight excluding hydrogens is 309 g/mol. The van der Waals surface area contributed by atoms with Crippen LogP contribution in [-0.2, 0) is 13.0 Å². The van der Waals surface area contributed by atoms with E-state index in [4.69, 9.17) is 15.2 Å². The van der Waals surface area contributed by atoms with Gasteiger partial charge in [0, 0.05) is 6.54 Å². The van der Waals surface area contributed by atoms with Gasteiger partial charge in [-0.1, -0.05) is 24.3 Å². The lowest BCUT2D eigenvalue weighted by atomic mass is 10.1. The van der Waals surface area contributed by atoms with Gasteiger partial charge >= 0.3 is 0 Å². The van der Waals surface area contributed by atoms with Gasteiger partial charge in [0.2, 0.25) is 0 Å². The number of methoxy groups -OCH3 is 2. The van der Waals surface area contributed by atoms with E-state index in [1.165, 1.54) is 6.07 Å². The molecule has 0 atom stereocenters. The number of hydrogen-bond donors (Lipinski definition) is 2. The van der Waals surface area contributed by atoms with Crippen molar-refractivity contribution in [2.75, 3.05) is 20.8 Å². The lowest BCUT2D eigenvalue weighted by molar-refractivity contribution is 0.354. The summed E-state index contributed by atoms with van der Waals surface area (Å²) in [5.41, 5.74) is 7.44. The molecule has 2 aromatic carbocycles. The van der Waals surface area contributed by atoms with Crippen molar-refractivity contribution in [1.82, 2.24) is 5.32 Å². The number of halogens is 1. The summed E-state index contributed by atoms with van der Waals surface area (Å²) in [7, 11) is 3.18. The van der Waals surface area contributed by atoms with Gasteiger partial charge in [0.15, 0.2) is 17.5 Å². The van der Waals surface area contributed by atoms with Crippen molar-refractivity contribution in [1.29, 1.82) is 0 Å². The van der Waals surface area contributed by atoms with Crippen molar-refractivity contribution in [3.05, 3.63) is 59.4 Å². The van der Waals surface area contributed by atoms with Crippen LogP contribution in [0, 0.1) is 5.82 Å². The number of nitrogens with one attached hydrogen (secondary N) is 1. The van der Waals surface area contributed by atoms with E-state index in [2.05, 4.69) is 10.3 Å². The van der Waals surface area contributed by atoms with Gasteiger partial charge in [-0.2, -0.15) is 0 Å². The van der Waals surface area contributed by atoms with Crippen LogP contribution in [0.25, 0.3) is 0 Å². The van der Waals surface area contributed by atoms with Gasteiger partial charge in [-0.3, -0.25) is 0 Å². The fourth-order valence-corrected chi connectivity index (χ4v) is 2.24. The summed E-state index contributed by atoms with van der Waals surface area (Å²) >= 11 is 0. The SMILES string of the molecule is COc1ccc(CN=C(N)NCCc2ccccc2F)cc1OC. The molecule has 0 aliphatic rings. The largest absolute Gasteiger partial charge is 0.493 e. The predicted octanol–water partition coefficient (Wildman–Crippen LogP) is 2.49. The van der Waals surface area contributed by atoms with Crippen molar-refractivity contribution < 1.29 is 13.9 Å². The van der Waals surface area contributed by atoms with Gasteiger partial charge in [0.1, 0.15) is 5.82 Å². The van der Waals surface area contributed by atoms with E-state index in [1.807, 2.05) is 24.3 Å². The standard InChI is InChI=1S/C18H22FN3O2/c1-23-16-8-7-13(11-17(16)24-2)12-22-18(20)21-10-9-14-5-3-4-6-15(14)19/h3-8,11H,9-10,12H2,1-2H3,(H3,20,21,22). The highest BCUT2D eigenvalue weighted by atomic mass is 19.1. The maximum absolute atomic E-state index is 13.5. The average molecular weight is 331 g/mol. The fraction of sp³-hybridized carbons (Fsp3) is 0.278. The zero-order valence-electron chi connectivity index (χ0n) is 13.9. The Morgan fingerprint density at radius 2 is 1.88 bits per heavy atom. The Morgan fingerprint density at radius 3 is 2.58 bits per heavy atom. The molecule has 5 nitrogen and oxygen atoms in total. The van der Waals surface area contributed by atoms with E-state index < -0.39 is 0 Å². The molecule has 2 rings (SSSR count). The van der Waals surface area contributed by atoms with Gasteiger partial charge in [-0.25, -0.2) is 9.38 Å². The third-order valence-corrected chi connectivity index (χ3v) is 3.54. The first-order valence-electron chi connectivity index (χ1n) is 7.62. The fourth-order valence-electron chi connectivity index (χ4n) is 2.24. The number of aliphatic imine (C=N–C) groups is 1. The normalized spacial score (nSPS) is 11.2. The maximum Gasteiger partial charge on any atom is 0.188 e. The smallest absolute Gasteiger partial charge is 0.188 e. The van der Waals surface area contributed by atoms with Crippen molar-refractivity contribution in [3.63, 3.8) is 0 Å². The summed E-state index contributed by atoms with van der Waals surface area (Å²) in [6, 6.07) is 12.3. The molecule has 2 aromatic rings. The van der Waals surface area contributed by atoms with Crippen LogP contribution in [0.2, 0.25) is 0 Å². The number of benzene rings is 2. The van der Waals surface area contributed by atoms with Crippen LogP contribution in [0.3, 0.4) is 0 Å². The molecule has 0 saturated carbocycles. The number of guanidine groups is 1. The zero-order valence-corrected chi connectivity index (χ0v) is 13.9. The molecular formula is C18H22FN3O2. The zero-order chi connectivity index (χ0) is 17.4. The molecule has 0 aliphatic carbocycles. The third kappa shape index (κ3) is 4.87. The molecule has 0 fully saturated rings. The minimum absolute atomic E-state index is 0.208. The van der Waals surface area contributed by atoms with Crippen molar-refractivity contribution in [2.45, 2.75) is 13.0 Å². The van der Waals surface area contributed by atoms with Gasteiger partial charge < -0.3 is 20.5 Å². The minimum Gasteiger partial charge on any atom is -0.493 e. The highest BCUT2D eigenvalue weighted by molar-refractivity contribution is 5.77. The van der Waals surface area contributed by atoms with Crippen LogP contribution in [0.1, 0.15) is 11.1 Å². The first kappa shape index (κ1) is 17.6. The molecule has 0 unspecified atom stereocenters. The summed E-state index contributed by atoms with van der Waals surface area (Å²) < 4.78 is 24.0. The Kier molecular flexibility index (Phi) is 6.42. The second-order valence-corrected chi connectivity index (χ2v) is 5.16. The van der Waals surface area contributed by atoms with Crippen LogP contribution in [-0.4, -0.2) is 26.7 Å². The summed E-state index contributed by atoms with van der Waals surface area (Å²) in [6.07, 6.45) is 0.541. The molecule has 0 aromatic heterocycles. The molecule has 0 aliphatic heterocycles. The number of hydrogen-bond acceptors (Lipinski definition) is 3. The molecule has 0 radical (unpaired) electrons. The molecule has 24 heavy (non-hydrogen) atoms. The number of rotatable bonds is 7. The highest BCUT2D eigenvalue weighted by Crippen LogP contribution is 2.27. The second-order valence-electron chi connectivity index (χ2n) is 5.16. The van der Waals surface area contributed by atoms with E-state index in [9.17, 15) is 4.39 Å². The lowest BCUT2D eigenvalue weighted by Gasteiger charge is -2.09. The highest BCUT2D eigenvalue weighted by Gasteiger charge is 2.04. The summed E-state index contributed by atoms with van der Waals surface area (Å²) in [6.45, 7) is 0.932. The van der Waals surface area contributed by atoms with Crippen LogP contribution in [0.4, 0.5) is 4.39 Å². The van der Waals surface area contributed by atoms with E-state index in [1.54, 1.807) is 26.4 Å². The van der Waals surface area contributed by atoms with Crippen molar-refractivity contribution >= 4 is 5.96 Å². The Balaban J connectivity index is 1.86. The third-order valence-electron chi connectivity index (χ3n) is 3.54. The predicted molar refractivity (Wildman–Crippen MR) is 93.0 cm³/mol. The lowest BCUT2D eigenvalue weighted by Crippen LogP contribution is -2.33. The maximum atomic E-state index is 13.5. The Hall–Kier alpha value is -2.76. The molecule has 0 heterocycles. The summed E-state index contributed by atoms with van der Waals surface area (Å²) in [5, 5.41) is 2.98. The summed E-state index contributed by atoms with van der Waals surface area (Å²) in [4.78, 5) is 4.27. The van der Waals surface area contributed by atoms with E-state index in [-0.39, 0.29) is 5.82 Å². The molecule has 0 saturated heterocycles. The quantitative estimate of drug-likeness (QED) is 0.604. The molecule has 128 valence electrons. The van der Waals surface area contributed by atoms with Gasteiger partial charge in [-0.05, 0) is 35.7 Å². The first-order valence-corrected chi connectivity index (χ1v) is 7.62. The van der Waals surface area contributed by atoms with E-state index >= 15 is 0 Å². The van der Waals surface area contributed by atoms with Gasteiger partial charge in [-0.15, -0.1) is 0 Å². The van der Waals surface area contributed by atoms with E-state index in [0.717, 1.165) is 5.56 Å². The van der Waals surface area contributed by atoms with Gasteiger partial charge in [0.05, 0.1) is 20.8 Å². The Bertz CT molecular complexity index is 704. The topological polar surface area (TPSA) is 68.9 Å². The number of nitrogens with zero attached hydrogens (tertiary/aromatic N) is 1. The summed E-state index contributed by atoms with van der Waals surface area (Å²) in [5.74, 6) is 1.43. The van der Waals surface area contributed by atoms with Crippen LogP contribution >= 0.6 is 0 Å². The molecule has 0 amide bonds. The monoisotopic (exact) mass is 331 g/mol. The second kappa shape index (κ2) is 8.76.